The number of hydrogen-bond acceptors (Lipinski definition) is 5. The normalized spacial score (nSPS) is 20.5. The van der Waals surface area contributed by atoms with E-state index in [-0.39, 0.29) is 0 Å². The number of sulfonamides is 1. The molecule has 0 aliphatic carbocycles. The molecule has 0 radical (unpaired) electrons. The average Bonchev–Trinajstić information content (AvgIpc) is 2.94. The lowest BCUT2D eigenvalue weighted by atomic mass is 9.88. The van der Waals surface area contributed by atoms with Gasteiger partial charge in [-0.25, -0.2) is 13.1 Å². The lowest BCUT2D eigenvalue weighted by molar-refractivity contribution is 0.00578. The van der Waals surface area contributed by atoms with Crippen LogP contribution < -0.4 is 9.50 Å². The van der Waals surface area contributed by atoms with E-state index in [1.165, 1.54) is 11.3 Å². The zero-order valence-electron chi connectivity index (χ0n) is 13.8. The number of unbranched alkanes of at least 4 members (excludes halogenated alkanes) is 1. The molecule has 1 aliphatic heterocycles. The molecule has 0 atom stereocenters. The first-order valence-corrected chi connectivity index (χ1v) is 9.84. The molecule has 0 bridgehead atoms. The third kappa shape index (κ3) is 3.57. The van der Waals surface area contributed by atoms with Gasteiger partial charge in [0.25, 0.3) is 0 Å². The van der Waals surface area contributed by atoms with Crippen molar-refractivity contribution < 1.29 is 17.7 Å². The van der Waals surface area contributed by atoms with Gasteiger partial charge in [0, 0.05) is 11.3 Å². The van der Waals surface area contributed by atoms with Crippen LogP contribution in [0.2, 0.25) is 0 Å². The summed E-state index contributed by atoms with van der Waals surface area (Å²) in [4.78, 5) is 0. The molecular formula is C14H24BNO4S2. The minimum atomic E-state index is -3.44. The van der Waals surface area contributed by atoms with E-state index in [0.717, 1.165) is 17.6 Å². The number of hydrogen-bond donors (Lipinski definition) is 1. The van der Waals surface area contributed by atoms with E-state index in [2.05, 4.69) is 4.72 Å². The van der Waals surface area contributed by atoms with E-state index in [9.17, 15) is 8.42 Å². The first-order valence-electron chi connectivity index (χ1n) is 7.54. The van der Waals surface area contributed by atoms with Gasteiger partial charge in [-0.1, -0.05) is 19.4 Å². The highest BCUT2D eigenvalue weighted by atomic mass is 32.2. The molecule has 0 amide bonds. The molecule has 0 saturated carbocycles. The highest BCUT2D eigenvalue weighted by molar-refractivity contribution is 7.91. The van der Waals surface area contributed by atoms with Crippen LogP contribution in [-0.2, 0) is 19.3 Å². The van der Waals surface area contributed by atoms with Crippen LogP contribution in [0.4, 0.5) is 0 Å². The monoisotopic (exact) mass is 345 g/mol. The maximum absolute atomic E-state index is 12.2. The van der Waals surface area contributed by atoms with Crippen LogP contribution in [0.5, 0.6) is 0 Å². The smallest absolute Gasteiger partial charge is 0.399 e. The fourth-order valence-corrected chi connectivity index (χ4v) is 4.42. The molecule has 2 heterocycles. The molecule has 1 saturated heterocycles. The number of thiophene rings is 1. The molecule has 1 aromatic heterocycles. The summed E-state index contributed by atoms with van der Waals surface area (Å²) in [6.45, 7) is 10.4. The third-order valence-electron chi connectivity index (χ3n) is 4.17. The Hall–Kier alpha value is -0.405. The largest absolute Gasteiger partial charge is 0.505 e. The highest BCUT2D eigenvalue weighted by Gasteiger charge is 2.52. The Balaban J connectivity index is 2.13. The maximum atomic E-state index is 12.2. The van der Waals surface area contributed by atoms with Crippen molar-refractivity contribution in [2.24, 2.45) is 0 Å². The second-order valence-corrected chi connectivity index (χ2v) is 9.61. The van der Waals surface area contributed by atoms with E-state index in [0.29, 0.717) is 10.8 Å². The van der Waals surface area contributed by atoms with E-state index in [1.54, 1.807) is 12.1 Å². The molecule has 1 N–H and O–H groups in total. The van der Waals surface area contributed by atoms with Gasteiger partial charge in [-0.05, 0) is 40.2 Å². The topological polar surface area (TPSA) is 64.6 Å². The molecule has 8 heteroatoms. The van der Waals surface area contributed by atoms with Gasteiger partial charge in [-0.2, -0.15) is 0 Å². The first-order chi connectivity index (χ1) is 10.1. The third-order valence-corrected chi connectivity index (χ3v) is 7.23. The highest BCUT2D eigenvalue weighted by Crippen LogP contribution is 2.37. The quantitative estimate of drug-likeness (QED) is 0.634. The van der Waals surface area contributed by atoms with Gasteiger partial charge in [0.1, 0.15) is 4.21 Å². The summed E-state index contributed by atoms with van der Waals surface area (Å²) < 4.78 is 40.0. The molecule has 5 nitrogen and oxygen atoms in total. The Morgan fingerprint density at radius 1 is 1.18 bits per heavy atom. The molecule has 1 aliphatic rings. The minimum Gasteiger partial charge on any atom is -0.399 e. The lowest BCUT2D eigenvalue weighted by Crippen LogP contribution is -2.41. The van der Waals surface area contributed by atoms with Crippen molar-refractivity contribution >= 4 is 33.3 Å². The van der Waals surface area contributed by atoms with Crippen LogP contribution in [0.15, 0.2) is 16.3 Å². The van der Waals surface area contributed by atoms with Crippen molar-refractivity contribution in [1.82, 2.24) is 4.72 Å². The van der Waals surface area contributed by atoms with Crippen LogP contribution in [0.25, 0.3) is 0 Å². The Bertz CT molecular complexity index is 609. The van der Waals surface area contributed by atoms with E-state index in [1.807, 2.05) is 34.6 Å². The molecule has 22 heavy (non-hydrogen) atoms. The van der Waals surface area contributed by atoms with Crippen molar-refractivity contribution in [3.05, 3.63) is 12.1 Å². The minimum absolute atomic E-state index is 0.299. The second kappa shape index (κ2) is 6.24. The van der Waals surface area contributed by atoms with Gasteiger partial charge >= 0.3 is 7.12 Å². The van der Waals surface area contributed by atoms with Crippen LogP contribution in [0.1, 0.15) is 47.5 Å². The van der Waals surface area contributed by atoms with Gasteiger partial charge in [0.15, 0.2) is 0 Å². The fourth-order valence-electron chi connectivity index (χ4n) is 2.02. The van der Waals surface area contributed by atoms with Gasteiger partial charge in [-0.15, -0.1) is 11.3 Å². The van der Waals surface area contributed by atoms with Crippen molar-refractivity contribution in [2.45, 2.75) is 62.9 Å². The zero-order valence-corrected chi connectivity index (χ0v) is 15.4. The summed E-state index contributed by atoms with van der Waals surface area (Å²) in [7, 11) is -3.96. The average molecular weight is 345 g/mol. The van der Waals surface area contributed by atoms with Crippen molar-refractivity contribution in [3.63, 3.8) is 0 Å². The van der Waals surface area contributed by atoms with Crippen LogP contribution in [0, 0.1) is 0 Å². The molecular weight excluding hydrogens is 321 g/mol. The summed E-state index contributed by atoms with van der Waals surface area (Å²) in [5.41, 5.74) is -0.861. The van der Waals surface area contributed by atoms with Crippen LogP contribution >= 0.6 is 11.3 Å². The van der Waals surface area contributed by atoms with Gasteiger partial charge in [-0.3, -0.25) is 0 Å². The van der Waals surface area contributed by atoms with Crippen LogP contribution in [0.3, 0.4) is 0 Å². The van der Waals surface area contributed by atoms with Gasteiger partial charge in [0.2, 0.25) is 10.0 Å². The Labute approximate surface area is 137 Å². The van der Waals surface area contributed by atoms with E-state index < -0.39 is 28.3 Å². The maximum Gasteiger partial charge on any atom is 0.505 e. The summed E-state index contributed by atoms with van der Waals surface area (Å²) in [6.07, 6.45) is 1.78. The van der Waals surface area contributed by atoms with Crippen LogP contribution in [-0.4, -0.2) is 33.3 Å². The second-order valence-electron chi connectivity index (χ2n) is 6.50. The number of rotatable bonds is 6. The summed E-state index contributed by atoms with van der Waals surface area (Å²) in [6, 6.07) is 3.38. The standard InChI is InChI=1S/C14H24BNO4S2/c1-6-7-10-16-22(17,18)12-9-8-11(21-12)15-19-13(2,3)14(4,5)20-15/h8-9,16H,6-7,10H2,1-5H3. The summed E-state index contributed by atoms with van der Waals surface area (Å²) in [5, 5.41) is 0. The van der Waals surface area contributed by atoms with E-state index in [4.69, 9.17) is 9.31 Å². The predicted octanol–water partition coefficient (Wildman–Crippen LogP) is 2.13. The van der Waals surface area contributed by atoms with Gasteiger partial charge in [0.05, 0.1) is 11.2 Å². The fraction of sp³-hybridized carbons (Fsp3) is 0.714. The summed E-state index contributed by atoms with van der Waals surface area (Å²) in [5.74, 6) is 0. The Morgan fingerprint density at radius 3 is 2.32 bits per heavy atom. The molecule has 0 aromatic carbocycles. The SMILES string of the molecule is CCCCNS(=O)(=O)c1ccc(B2OC(C)(C)C(C)(C)O2)s1. The summed E-state index contributed by atoms with van der Waals surface area (Å²) >= 11 is 1.20. The number of nitrogens with one attached hydrogen (secondary N) is 1. The Kier molecular flexibility index (Phi) is 5.09. The van der Waals surface area contributed by atoms with Crippen molar-refractivity contribution in [2.75, 3.05) is 6.54 Å². The van der Waals surface area contributed by atoms with Gasteiger partial charge < -0.3 is 9.31 Å². The Morgan fingerprint density at radius 2 is 1.77 bits per heavy atom. The van der Waals surface area contributed by atoms with E-state index >= 15 is 0 Å². The molecule has 0 spiro atoms. The zero-order chi connectivity index (χ0) is 16.6. The lowest BCUT2D eigenvalue weighted by Gasteiger charge is -2.32. The molecule has 1 aromatic rings. The first kappa shape index (κ1) is 17.9. The van der Waals surface area contributed by atoms with Crippen molar-refractivity contribution in [1.29, 1.82) is 0 Å². The molecule has 124 valence electrons. The predicted molar refractivity (Wildman–Crippen MR) is 90.1 cm³/mol. The molecule has 2 rings (SSSR count). The molecule has 0 unspecified atom stereocenters. The molecule has 1 fully saturated rings. The van der Waals surface area contributed by atoms with Crippen molar-refractivity contribution in [3.8, 4) is 0 Å².